The average Bonchev–Trinajstić information content (AvgIpc) is 2.72. The first-order chi connectivity index (χ1) is 7.15. The predicted octanol–water partition coefficient (Wildman–Crippen LogP) is 2.81. The summed E-state index contributed by atoms with van der Waals surface area (Å²) in [5, 5.41) is 11.2. The minimum absolute atomic E-state index is 0.00895. The SMILES string of the molecule is Cc1ccc(-c2csc(CC(=O)O)n2)s1. The molecule has 0 aliphatic heterocycles. The Labute approximate surface area is 95.0 Å². The summed E-state index contributed by atoms with van der Waals surface area (Å²) in [5.74, 6) is -0.835. The fraction of sp³-hybridized carbons (Fsp3) is 0.200. The summed E-state index contributed by atoms with van der Waals surface area (Å²) < 4.78 is 0. The number of thiophene rings is 1. The number of carbonyl (C=O) groups is 1. The first kappa shape index (κ1) is 10.3. The number of thiazole rings is 1. The van der Waals surface area contributed by atoms with Crippen LogP contribution in [0.1, 0.15) is 9.88 Å². The van der Waals surface area contributed by atoms with E-state index >= 15 is 0 Å². The molecule has 15 heavy (non-hydrogen) atoms. The first-order valence-electron chi connectivity index (χ1n) is 4.38. The maximum Gasteiger partial charge on any atom is 0.310 e. The summed E-state index contributed by atoms with van der Waals surface area (Å²) in [5.41, 5.74) is 0.884. The van der Waals surface area contributed by atoms with Gasteiger partial charge in [-0.25, -0.2) is 4.98 Å². The zero-order chi connectivity index (χ0) is 10.8. The lowest BCUT2D eigenvalue weighted by Gasteiger charge is -1.88. The van der Waals surface area contributed by atoms with E-state index in [-0.39, 0.29) is 6.42 Å². The quantitative estimate of drug-likeness (QED) is 0.896. The highest BCUT2D eigenvalue weighted by Crippen LogP contribution is 2.28. The van der Waals surface area contributed by atoms with Crippen molar-refractivity contribution < 1.29 is 9.90 Å². The van der Waals surface area contributed by atoms with Crippen molar-refractivity contribution in [3.05, 3.63) is 27.4 Å². The van der Waals surface area contributed by atoms with E-state index in [2.05, 4.69) is 4.98 Å². The Bertz CT molecular complexity index is 487. The Hall–Kier alpha value is -1.20. The lowest BCUT2D eigenvalue weighted by molar-refractivity contribution is -0.136. The molecule has 78 valence electrons. The van der Waals surface area contributed by atoms with Crippen molar-refractivity contribution in [3.8, 4) is 10.6 Å². The van der Waals surface area contributed by atoms with Crippen LogP contribution in [0.15, 0.2) is 17.5 Å². The van der Waals surface area contributed by atoms with E-state index in [0.29, 0.717) is 5.01 Å². The minimum atomic E-state index is -0.835. The Morgan fingerprint density at radius 3 is 2.93 bits per heavy atom. The van der Waals surface area contributed by atoms with Gasteiger partial charge in [-0.2, -0.15) is 0 Å². The largest absolute Gasteiger partial charge is 0.481 e. The van der Waals surface area contributed by atoms with Crippen LogP contribution < -0.4 is 0 Å². The van der Waals surface area contributed by atoms with Crippen molar-refractivity contribution >= 4 is 28.6 Å². The molecule has 2 heterocycles. The molecule has 1 N–H and O–H groups in total. The Balaban J connectivity index is 2.23. The average molecular weight is 239 g/mol. The molecule has 0 radical (unpaired) electrons. The number of hydrogen-bond donors (Lipinski definition) is 1. The molecule has 0 atom stereocenters. The summed E-state index contributed by atoms with van der Waals surface area (Å²) in [4.78, 5) is 17.1. The maximum absolute atomic E-state index is 10.5. The van der Waals surface area contributed by atoms with Crippen LogP contribution in [-0.4, -0.2) is 16.1 Å². The lowest BCUT2D eigenvalue weighted by atomic mass is 10.3. The van der Waals surface area contributed by atoms with E-state index in [1.165, 1.54) is 16.2 Å². The number of nitrogens with zero attached hydrogens (tertiary/aromatic N) is 1. The van der Waals surface area contributed by atoms with Crippen molar-refractivity contribution in [2.24, 2.45) is 0 Å². The fourth-order valence-corrected chi connectivity index (χ4v) is 2.89. The number of rotatable bonds is 3. The maximum atomic E-state index is 10.5. The van der Waals surface area contributed by atoms with Crippen LogP contribution in [0.4, 0.5) is 0 Å². The van der Waals surface area contributed by atoms with E-state index in [1.807, 2.05) is 24.4 Å². The van der Waals surface area contributed by atoms with E-state index < -0.39 is 5.97 Å². The second-order valence-corrected chi connectivity index (χ2v) is 5.34. The van der Waals surface area contributed by atoms with Gasteiger partial charge < -0.3 is 5.11 Å². The molecular weight excluding hydrogens is 230 g/mol. The zero-order valence-corrected chi connectivity index (χ0v) is 9.69. The molecule has 3 nitrogen and oxygen atoms in total. The summed E-state index contributed by atoms with van der Waals surface area (Å²) >= 11 is 3.07. The number of carboxylic acids is 1. The van der Waals surface area contributed by atoms with Gasteiger partial charge in [0.1, 0.15) is 5.01 Å². The monoisotopic (exact) mass is 239 g/mol. The predicted molar refractivity (Wildman–Crippen MR) is 61.5 cm³/mol. The molecule has 0 aromatic carbocycles. The molecule has 2 rings (SSSR count). The molecule has 0 bridgehead atoms. The highest BCUT2D eigenvalue weighted by molar-refractivity contribution is 7.16. The number of aryl methyl sites for hydroxylation is 1. The second kappa shape index (κ2) is 4.12. The molecule has 0 saturated carbocycles. The molecule has 0 aliphatic rings. The number of aromatic nitrogens is 1. The van der Waals surface area contributed by atoms with Crippen molar-refractivity contribution in [2.75, 3.05) is 0 Å². The Kier molecular flexibility index (Phi) is 2.83. The van der Waals surface area contributed by atoms with E-state index in [9.17, 15) is 4.79 Å². The fourth-order valence-electron chi connectivity index (χ4n) is 1.21. The van der Waals surface area contributed by atoms with Gasteiger partial charge in [-0.3, -0.25) is 4.79 Å². The van der Waals surface area contributed by atoms with Crippen molar-refractivity contribution in [2.45, 2.75) is 13.3 Å². The van der Waals surface area contributed by atoms with Crippen molar-refractivity contribution in [1.29, 1.82) is 0 Å². The van der Waals surface area contributed by atoms with Crippen molar-refractivity contribution in [1.82, 2.24) is 4.98 Å². The zero-order valence-electron chi connectivity index (χ0n) is 8.06. The van der Waals surface area contributed by atoms with Gasteiger partial charge in [-0.15, -0.1) is 22.7 Å². The van der Waals surface area contributed by atoms with Crippen LogP contribution in [0.2, 0.25) is 0 Å². The van der Waals surface area contributed by atoms with Gasteiger partial charge in [0.15, 0.2) is 0 Å². The third-order valence-corrected chi connectivity index (χ3v) is 3.72. The number of carboxylic acid groups (broad SMARTS) is 1. The Morgan fingerprint density at radius 2 is 2.33 bits per heavy atom. The van der Waals surface area contributed by atoms with Gasteiger partial charge in [0.05, 0.1) is 17.0 Å². The highest BCUT2D eigenvalue weighted by atomic mass is 32.1. The summed E-state index contributed by atoms with van der Waals surface area (Å²) in [6, 6.07) is 4.05. The summed E-state index contributed by atoms with van der Waals surface area (Å²) in [6.45, 7) is 2.04. The summed E-state index contributed by atoms with van der Waals surface area (Å²) in [7, 11) is 0. The van der Waals surface area contributed by atoms with E-state index in [0.717, 1.165) is 10.6 Å². The topological polar surface area (TPSA) is 50.2 Å². The molecule has 0 amide bonds. The molecule has 0 spiro atoms. The van der Waals surface area contributed by atoms with Crippen LogP contribution in [0.3, 0.4) is 0 Å². The van der Waals surface area contributed by atoms with Gasteiger partial charge in [0, 0.05) is 10.3 Å². The summed E-state index contributed by atoms with van der Waals surface area (Å²) in [6.07, 6.45) is 0.00895. The van der Waals surface area contributed by atoms with Gasteiger partial charge in [0.25, 0.3) is 0 Å². The lowest BCUT2D eigenvalue weighted by Crippen LogP contribution is -1.98. The highest BCUT2D eigenvalue weighted by Gasteiger charge is 2.08. The Morgan fingerprint density at radius 1 is 1.53 bits per heavy atom. The molecule has 2 aromatic heterocycles. The minimum Gasteiger partial charge on any atom is -0.481 e. The van der Waals surface area contributed by atoms with Crippen LogP contribution in [0.5, 0.6) is 0 Å². The second-order valence-electron chi connectivity index (χ2n) is 3.11. The molecular formula is C10H9NO2S2. The molecule has 5 heteroatoms. The molecule has 0 saturated heterocycles. The van der Waals surface area contributed by atoms with Crippen LogP contribution in [0, 0.1) is 6.92 Å². The molecule has 0 unspecified atom stereocenters. The third kappa shape index (κ3) is 2.43. The van der Waals surface area contributed by atoms with Crippen LogP contribution in [-0.2, 0) is 11.2 Å². The van der Waals surface area contributed by atoms with Gasteiger partial charge >= 0.3 is 5.97 Å². The van der Waals surface area contributed by atoms with Crippen molar-refractivity contribution in [3.63, 3.8) is 0 Å². The van der Waals surface area contributed by atoms with Gasteiger partial charge in [0.2, 0.25) is 0 Å². The van der Waals surface area contributed by atoms with Crippen LogP contribution in [0.25, 0.3) is 10.6 Å². The van der Waals surface area contributed by atoms with Crippen LogP contribution >= 0.6 is 22.7 Å². The third-order valence-electron chi connectivity index (χ3n) is 1.85. The smallest absolute Gasteiger partial charge is 0.310 e. The van der Waals surface area contributed by atoms with Gasteiger partial charge in [-0.1, -0.05) is 0 Å². The standard InChI is InChI=1S/C10H9NO2S2/c1-6-2-3-8(15-6)7-5-14-9(11-7)4-10(12)13/h2-3,5H,4H2,1H3,(H,12,13). The first-order valence-corrected chi connectivity index (χ1v) is 6.08. The van der Waals surface area contributed by atoms with Gasteiger partial charge in [-0.05, 0) is 19.1 Å². The normalized spacial score (nSPS) is 10.5. The van der Waals surface area contributed by atoms with E-state index in [1.54, 1.807) is 11.3 Å². The van der Waals surface area contributed by atoms with E-state index in [4.69, 9.17) is 5.11 Å². The number of aliphatic carboxylic acids is 1. The molecule has 2 aromatic rings. The molecule has 0 fully saturated rings. The molecule has 0 aliphatic carbocycles. The number of hydrogen-bond acceptors (Lipinski definition) is 4.